The molecule has 0 aliphatic rings. The van der Waals surface area contributed by atoms with E-state index in [9.17, 15) is 14.9 Å². The van der Waals surface area contributed by atoms with E-state index in [1.165, 1.54) is 12.1 Å². The number of aryl methyl sites for hydroxylation is 1. The number of carbonyl (C=O) groups excluding carboxylic acids is 1. The van der Waals surface area contributed by atoms with E-state index in [0.717, 1.165) is 0 Å². The average Bonchev–Trinajstić information content (AvgIpc) is 2.50. The molecule has 1 atom stereocenters. The Hall–Kier alpha value is -2.50. The van der Waals surface area contributed by atoms with Gasteiger partial charge in [-0.25, -0.2) is 0 Å². The quantitative estimate of drug-likeness (QED) is 0.418. The summed E-state index contributed by atoms with van der Waals surface area (Å²) < 4.78 is 5.09. The van der Waals surface area contributed by atoms with Gasteiger partial charge in [0, 0.05) is 6.42 Å². The van der Waals surface area contributed by atoms with Crippen molar-refractivity contribution >= 4 is 11.6 Å². The molecule has 22 heavy (non-hydrogen) atoms. The zero-order chi connectivity index (χ0) is 16.5. The van der Waals surface area contributed by atoms with Crippen molar-refractivity contribution in [2.24, 2.45) is 0 Å². The van der Waals surface area contributed by atoms with E-state index in [1.54, 1.807) is 6.92 Å². The van der Waals surface area contributed by atoms with Crippen molar-refractivity contribution in [3.05, 3.63) is 39.4 Å². The molecule has 117 valence electrons. The van der Waals surface area contributed by atoms with E-state index < -0.39 is 22.7 Å². The molecule has 1 aromatic rings. The van der Waals surface area contributed by atoms with Gasteiger partial charge >= 0.3 is 0 Å². The highest BCUT2D eigenvalue weighted by atomic mass is 16.6. The van der Waals surface area contributed by atoms with Crippen LogP contribution in [0.4, 0.5) is 5.69 Å². The van der Waals surface area contributed by atoms with Crippen LogP contribution in [0, 0.1) is 27.5 Å². The molecule has 0 saturated heterocycles. The smallest absolute Gasteiger partial charge is 0.290 e. The van der Waals surface area contributed by atoms with Crippen LogP contribution < -0.4 is 5.32 Å². The van der Waals surface area contributed by atoms with E-state index in [4.69, 9.17) is 15.1 Å². The van der Waals surface area contributed by atoms with Crippen LogP contribution >= 0.6 is 0 Å². The highest BCUT2D eigenvalue weighted by molar-refractivity contribution is 5.99. The van der Waals surface area contributed by atoms with Crippen LogP contribution in [0.2, 0.25) is 0 Å². The summed E-state index contributed by atoms with van der Waals surface area (Å²) in [4.78, 5) is 22.7. The fourth-order valence-corrected chi connectivity index (χ4v) is 1.85. The first-order valence-corrected chi connectivity index (χ1v) is 6.59. The molecular formula is C14H16N3O5. The molecule has 0 aromatic heterocycles. The predicted octanol–water partition coefficient (Wildman–Crippen LogP) is 0.936. The second-order valence-electron chi connectivity index (χ2n) is 4.35. The first-order valence-electron chi connectivity index (χ1n) is 6.59. The molecule has 0 aliphatic carbocycles. The van der Waals surface area contributed by atoms with Crippen molar-refractivity contribution in [3.8, 4) is 6.07 Å². The van der Waals surface area contributed by atoms with E-state index in [0.29, 0.717) is 5.56 Å². The number of nitriles is 1. The summed E-state index contributed by atoms with van der Waals surface area (Å²) in [6.45, 7) is 1.37. The number of aliphatic hydroxyl groups excluding tert-OH is 1. The number of nitro benzene ring substituents is 1. The third kappa shape index (κ3) is 4.80. The lowest BCUT2D eigenvalue weighted by atomic mass is 10.0. The monoisotopic (exact) mass is 306 g/mol. The molecule has 1 radical (unpaired) electrons. The van der Waals surface area contributed by atoms with Crippen LogP contribution in [0.25, 0.3) is 0 Å². The maximum atomic E-state index is 12.3. The largest absolute Gasteiger partial charge is 0.394 e. The number of rotatable bonds is 8. The summed E-state index contributed by atoms with van der Waals surface area (Å²) in [6, 6.07) is 7.24. The van der Waals surface area contributed by atoms with Gasteiger partial charge in [0.25, 0.3) is 11.6 Å². The summed E-state index contributed by atoms with van der Waals surface area (Å²) in [7, 11) is 0. The second kappa shape index (κ2) is 8.71. The topological polar surface area (TPSA) is 125 Å². The van der Waals surface area contributed by atoms with Gasteiger partial charge < -0.3 is 15.2 Å². The van der Waals surface area contributed by atoms with Gasteiger partial charge in [-0.3, -0.25) is 14.9 Å². The van der Waals surface area contributed by atoms with Crippen molar-refractivity contribution in [3.63, 3.8) is 0 Å². The number of nitrogens with zero attached hydrogens (tertiary/aromatic N) is 2. The van der Waals surface area contributed by atoms with Crippen LogP contribution in [0.1, 0.15) is 29.3 Å². The molecular weight excluding hydrogens is 290 g/mol. The van der Waals surface area contributed by atoms with Crippen LogP contribution in [-0.4, -0.2) is 35.4 Å². The number of carbonyl (C=O) groups is 1. The lowest BCUT2D eigenvalue weighted by Crippen LogP contribution is -2.36. The SMILES string of the molecule is CC(NC(=O)c1c([N+](=O)[O-])[c]ccc1CCC#N)OCCO. The summed E-state index contributed by atoms with van der Waals surface area (Å²) in [5.41, 5.74) is -0.164. The Balaban J connectivity index is 3.05. The van der Waals surface area contributed by atoms with E-state index in [1.807, 2.05) is 6.07 Å². The highest BCUT2D eigenvalue weighted by Crippen LogP contribution is 2.23. The number of hydrogen-bond donors (Lipinski definition) is 2. The average molecular weight is 306 g/mol. The van der Waals surface area contributed by atoms with E-state index in [-0.39, 0.29) is 31.6 Å². The zero-order valence-corrected chi connectivity index (χ0v) is 12.0. The Morgan fingerprint density at radius 1 is 1.68 bits per heavy atom. The summed E-state index contributed by atoms with van der Waals surface area (Å²) >= 11 is 0. The van der Waals surface area contributed by atoms with Crippen LogP contribution in [-0.2, 0) is 11.2 Å². The zero-order valence-electron chi connectivity index (χ0n) is 12.0. The van der Waals surface area contributed by atoms with Gasteiger partial charge in [0.2, 0.25) is 0 Å². The van der Waals surface area contributed by atoms with E-state index in [2.05, 4.69) is 11.4 Å². The maximum Gasteiger partial charge on any atom is 0.290 e. The highest BCUT2D eigenvalue weighted by Gasteiger charge is 2.25. The normalized spacial score (nSPS) is 11.5. The van der Waals surface area contributed by atoms with Gasteiger partial charge in [-0.15, -0.1) is 0 Å². The van der Waals surface area contributed by atoms with Gasteiger partial charge in [-0.2, -0.15) is 5.26 Å². The second-order valence-corrected chi connectivity index (χ2v) is 4.35. The molecule has 8 nitrogen and oxygen atoms in total. The summed E-state index contributed by atoms with van der Waals surface area (Å²) in [5.74, 6) is -0.679. The Kier molecular flexibility index (Phi) is 6.95. The third-order valence-corrected chi connectivity index (χ3v) is 2.77. The lowest BCUT2D eigenvalue weighted by Gasteiger charge is -2.15. The van der Waals surface area contributed by atoms with Crippen LogP contribution in [0.15, 0.2) is 12.1 Å². The minimum atomic E-state index is -0.719. The summed E-state index contributed by atoms with van der Waals surface area (Å²) in [6.07, 6.45) is -0.359. The summed E-state index contributed by atoms with van der Waals surface area (Å²) in [5, 5.41) is 30.8. The number of nitrogens with one attached hydrogen (secondary N) is 1. The third-order valence-electron chi connectivity index (χ3n) is 2.77. The number of amides is 1. The molecule has 0 spiro atoms. The fourth-order valence-electron chi connectivity index (χ4n) is 1.85. The molecule has 0 saturated carbocycles. The molecule has 0 aliphatic heterocycles. The number of ether oxygens (including phenoxy) is 1. The molecule has 0 bridgehead atoms. The first kappa shape index (κ1) is 17.6. The number of benzene rings is 1. The molecule has 8 heteroatoms. The van der Waals surface area contributed by atoms with Crippen molar-refractivity contribution < 1.29 is 19.6 Å². The minimum absolute atomic E-state index is 0.0335. The molecule has 0 fully saturated rings. The Morgan fingerprint density at radius 2 is 2.41 bits per heavy atom. The molecule has 1 aromatic carbocycles. The fraction of sp³-hybridized carbons (Fsp3) is 0.429. The Bertz CT molecular complexity index is 582. The van der Waals surface area contributed by atoms with Crippen molar-refractivity contribution in [1.29, 1.82) is 5.26 Å². The van der Waals surface area contributed by atoms with Gasteiger partial charge in [0.05, 0.1) is 30.3 Å². The molecule has 0 heterocycles. The van der Waals surface area contributed by atoms with Crippen LogP contribution in [0.3, 0.4) is 0 Å². The van der Waals surface area contributed by atoms with Gasteiger partial charge in [0.1, 0.15) is 11.8 Å². The minimum Gasteiger partial charge on any atom is -0.394 e. The Labute approximate surface area is 127 Å². The lowest BCUT2D eigenvalue weighted by molar-refractivity contribution is -0.385. The molecule has 1 unspecified atom stereocenters. The molecule has 1 rings (SSSR count). The van der Waals surface area contributed by atoms with Crippen LogP contribution in [0.5, 0.6) is 0 Å². The number of nitro groups is 1. The molecule has 1 amide bonds. The maximum absolute atomic E-state index is 12.3. The van der Waals surface area contributed by atoms with E-state index >= 15 is 0 Å². The number of aliphatic hydroxyl groups is 1. The molecule has 2 N–H and O–H groups in total. The standard InChI is InChI=1S/C14H16N3O5/c1-10(22-9-8-18)16-14(19)13-11(5-3-7-15)4-2-6-12(13)17(20)21/h2,4,10,18H,3,5,8-9H2,1H3,(H,16,19). The van der Waals surface area contributed by atoms with Gasteiger partial charge in [0.15, 0.2) is 0 Å². The van der Waals surface area contributed by atoms with Gasteiger partial charge in [-0.05, 0) is 25.0 Å². The van der Waals surface area contributed by atoms with Crippen molar-refractivity contribution in [2.75, 3.05) is 13.2 Å². The van der Waals surface area contributed by atoms with Crippen molar-refractivity contribution in [2.45, 2.75) is 26.0 Å². The Morgan fingerprint density at radius 3 is 3.00 bits per heavy atom. The predicted molar refractivity (Wildman–Crippen MR) is 75.8 cm³/mol. The van der Waals surface area contributed by atoms with Crippen molar-refractivity contribution in [1.82, 2.24) is 5.32 Å². The van der Waals surface area contributed by atoms with Gasteiger partial charge in [-0.1, -0.05) is 6.07 Å². The number of hydrogen-bond acceptors (Lipinski definition) is 6. The first-order chi connectivity index (χ1) is 10.5.